The summed E-state index contributed by atoms with van der Waals surface area (Å²) in [5, 5.41) is 2.93. The Labute approximate surface area is 133 Å². The minimum absolute atomic E-state index is 0.101. The molecule has 3 rings (SSSR count). The van der Waals surface area contributed by atoms with Gasteiger partial charge in [-0.3, -0.25) is 4.79 Å². The molecular formula is C18H18F2N2O. The Kier molecular flexibility index (Phi) is 4.28. The van der Waals surface area contributed by atoms with E-state index >= 15 is 0 Å². The van der Waals surface area contributed by atoms with Crippen molar-refractivity contribution in [2.45, 2.75) is 19.4 Å². The quantitative estimate of drug-likeness (QED) is 0.939. The Morgan fingerprint density at radius 1 is 1.22 bits per heavy atom. The van der Waals surface area contributed by atoms with Gasteiger partial charge in [-0.2, -0.15) is 0 Å². The van der Waals surface area contributed by atoms with Crippen molar-refractivity contribution in [2.24, 2.45) is 0 Å². The normalized spacial score (nSPS) is 14.5. The smallest absolute Gasteiger partial charge is 0.239 e. The molecule has 1 aliphatic rings. The summed E-state index contributed by atoms with van der Waals surface area (Å²) >= 11 is 0. The van der Waals surface area contributed by atoms with E-state index in [1.165, 1.54) is 12.1 Å². The van der Waals surface area contributed by atoms with E-state index in [0.29, 0.717) is 18.7 Å². The van der Waals surface area contributed by atoms with E-state index in [-0.39, 0.29) is 18.5 Å². The average Bonchev–Trinajstić information content (AvgIpc) is 2.90. The summed E-state index contributed by atoms with van der Waals surface area (Å²) in [7, 11) is 0. The summed E-state index contributed by atoms with van der Waals surface area (Å²) in [6.07, 6.45) is 0.619. The maximum atomic E-state index is 13.4. The zero-order valence-electron chi connectivity index (χ0n) is 12.9. The summed E-state index contributed by atoms with van der Waals surface area (Å²) in [5.41, 5.74) is 2.37. The molecule has 1 unspecified atom stereocenters. The van der Waals surface area contributed by atoms with Gasteiger partial charge in [-0.15, -0.1) is 0 Å². The lowest BCUT2D eigenvalue weighted by atomic mass is 10.1. The molecule has 0 saturated heterocycles. The van der Waals surface area contributed by atoms with Crippen LogP contribution in [0.2, 0.25) is 0 Å². The van der Waals surface area contributed by atoms with Crippen molar-refractivity contribution in [3.63, 3.8) is 0 Å². The highest BCUT2D eigenvalue weighted by Crippen LogP contribution is 2.29. The fourth-order valence-electron chi connectivity index (χ4n) is 2.90. The van der Waals surface area contributed by atoms with Crippen LogP contribution >= 0.6 is 0 Å². The van der Waals surface area contributed by atoms with Gasteiger partial charge >= 0.3 is 0 Å². The highest BCUT2D eigenvalue weighted by Gasteiger charge is 2.24. The molecule has 0 aliphatic carbocycles. The standard InChI is InChI=1S/C18H18F2N2O/c1-12(13-5-3-2-4-6-13)21-18(23)11-22-8-7-14-9-15(19)16(20)10-17(14)22/h2-6,9-10,12H,7-8,11H2,1H3,(H,21,23). The van der Waals surface area contributed by atoms with Gasteiger partial charge in [0.2, 0.25) is 5.91 Å². The molecule has 5 heteroatoms. The first-order chi connectivity index (χ1) is 11.0. The van der Waals surface area contributed by atoms with Gasteiger partial charge in [-0.05, 0) is 30.5 Å². The zero-order valence-corrected chi connectivity index (χ0v) is 12.9. The summed E-state index contributed by atoms with van der Waals surface area (Å²) in [5.74, 6) is -1.86. The van der Waals surface area contributed by atoms with Crippen LogP contribution in [0.4, 0.5) is 14.5 Å². The van der Waals surface area contributed by atoms with Crippen LogP contribution in [0.25, 0.3) is 0 Å². The Balaban J connectivity index is 1.65. The van der Waals surface area contributed by atoms with E-state index in [9.17, 15) is 13.6 Å². The zero-order chi connectivity index (χ0) is 16.4. The summed E-state index contributed by atoms with van der Waals surface area (Å²) in [6, 6.07) is 12.0. The van der Waals surface area contributed by atoms with Gasteiger partial charge < -0.3 is 10.2 Å². The van der Waals surface area contributed by atoms with Crippen LogP contribution in [0.1, 0.15) is 24.1 Å². The van der Waals surface area contributed by atoms with Crippen LogP contribution < -0.4 is 10.2 Å². The molecule has 23 heavy (non-hydrogen) atoms. The van der Waals surface area contributed by atoms with Crippen molar-refractivity contribution in [2.75, 3.05) is 18.0 Å². The van der Waals surface area contributed by atoms with Gasteiger partial charge in [0.1, 0.15) is 0 Å². The lowest BCUT2D eigenvalue weighted by Crippen LogP contribution is -2.37. The van der Waals surface area contributed by atoms with Crippen LogP contribution in [-0.4, -0.2) is 19.0 Å². The SMILES string of the molecule is CC(NC(=O)CN1CCc2cc(F)c(F)cc21)c1ccccc1. The lowest BCUT2D eigenvalue weighted by molar-refractivity contribution is -0.120. The maximum absolute atomic E-state index is 13.4. The van der Waals surface area contributed by atoms with E-state index in [2.05, 4.69) is 5.32 Å². The second-order valence-corrected chi connectivity index (χ2v) is 5.77. The number of hydrogen-bond donors (Lipinski definition) is 1. The molecule has 1 atom stereocenters. The number of hydrogen-bond acceptors (Lipinski definition) is 2. The molecule has 1 aliphatic heterocycles. The number of amides is 1. The number of nitrogens with zero attached hydrogens (tertiary/aromatic N) is 1. The molecule has 3 nitrogen and oxygen atoms in total. The summed E-state index contributed by atoms with van der Waals surface area (Å²) < 4.78 is 26.7. The Bertz CT molecular complexity index is 718. The molecule has 0 aromatic heterocycles. The van der Waals surface area contributed by atoms with Crippen LogP contribution in [-0.2, 0) is 11.2 Å². The largest absolute Gasteiger partial charge is 0.362 e. The highest BCUT2D eigenvalue weighted by molar-refractivity contribution is 5.82. The van der Waals surface area contributed by atoms with E-state index in [1.54, 1.807) is 4.90 Å². The first-order valence-corrected chi connectivity index (χ1v) is 7.62. The molecule has 2 aromatic carbocycles. The number of carbonyl (C=O) groups excluding carboxylic acids is 1. The van der Waals surface area contributed by atoms with Crippen LogP contribution in [0.3, 0.4) is 0 Å². The molecule has 0 fully saturated rings. The molecule has 1 N–H and O–H groups in total. The molecule has 0 bridgehead atoms. The van der Waals surface area contributed by atoms with Crippen LogP contribution in [0.5, 0.6) is 0 Å². The summed E-state index contributed by atoms with van der Waals surface area (Å²) in [4.78, 5) is 14.0. The van der Waals surface area contributed by atoms with Gasteiger partial charge in [0.25, 0.3) is 0 Å². The molecular weight excluding hydrogens is 298 g/mol. The van der Waals surface area contributed by atoms with Crippen LogP contribution in [0, 0.1) is 11.6 Å². The van der Waals surface area contributed by atoms with Crippen molar-refractivity contribution < 1.29 is 13.6 Å². The first-order valence-electron chi connectivity index (χ1n) is 7.62. The Hall–Kier alpha value is -2.43. The topological polar surface area (TPSA) is 32.3 Å². The third-order valence-electron chi connectivity index (χ3n) is 4.12. The van der Waals surface area contributed by atoms with Crippen LogP contribution in [0.15, 0.2) is 42.5 Å². The molecule has 120 valence electrons. The fourth-order valence-corrected chi connectivity index (χ4v) is 2.90. The summed E-state index contributed by atoms with van der Waals surface area (Å²) in [6.45, 7) is 2.64. The predicted octanol–water partition coefficient (Wildman–Crippen LogP) is 3.20. The van der Waals surface area contributed by atoms with Gasteiger partial charge in [0.05, 0.1) is 12.6 Å². The second-order valence-electron chi connectivity index (χ2n) is 5.77. The number of fused-ring (bicyclic) bond motifs is 1. The van der Waals surface area contributed by atoms with Gasteiger partial charge in [0, 0.05) is 18.3 Å². The average molecular weight is 316 g/mol. The van der Waals surface area contributed by atoms with E-state index in [1.807, 2.05) is 37.3 Å². The van der Waals surface area contributed by atoms with Gasteiger partial charge in [-0.25, -0.2) is 8.78 Å². The van der Waals surface area contributed by atoms with Gasteiger partial charge in [0.15, 0.2) is 11.6 Å². The van der Waals surface area contributed by atoms with E-state index < -0.39 is 11.6 Å². The lowest BCUT2D eigenvalue weighted by Gasteiger charge is -2.21. The van der Waals surface area contributed by atoms with Crippen molar-refractivity contribution >= 4 is 11.6 Å². The maximum Gasteiger partial charge on any atom is 0.239 e. The van der Waals surface area contributed by atoms with Crippen molar-refractivity contribution in [3.05, 3.63) is 65.2 Å². The van der Waals surface area contributed by atoms with Crippen molar-refractivity contribution in [3.8, 4) is 0 Å². The number of rotatable bonds is 4. The Morgan fingerprint density at radius 3 is 2.65 bits per heavy atom. The minimum Gasteiger partial charge on any atom is -0.362 e. The molecule has 0 radical (unpaired) electrons. The number of benzene rings is 2. The third-order valence-corrected chi connectivity index (χ3v) is 4.12. The van der Waals surface area contributed by atoms with Crippen molar-refractivity contribution in [1.82, 2.24) is 5.32 Å². The molecule has 1 heterocycles. The first kappa shape index (κ1) is 15.5. The molecule has 0 spiro atoms. The number of nitrogens with one attached hydrogen (secondary N) is 1. The molecule has 2 aromatic rings. The fraction of sp³-hybridized carbons (Fsp3) is 0.278. The monoisotopic (exact) mass is 316 g/mol. The number of halogens is 2. The van der Waals surface area contributed by atoms with Gasteiger partial charge in [-0.1, -0.05) is 30.3 Å². The predicted molar refractivity (Wildman–Crippen MR) is 85.3 cm³/mol. The molecule has 1 amide bonds. The minimum atomic E-state index is -0.881. The van der Waals surface area contributed by atoms with E-state index in [4.69, 9.17) is 0 Å². The van der Waals surface area contributed by atoms with E-state index in [0.717, 1.165) is 11.1 Å². The third kappa shape index (κ3) is 3.33. The number of carbonyl (C=O) groups is 1. The van der Waals surface area contributed by atoms with Crippen molar-refractivity contribution in [1.29, 1.82) is 0 Å². The Morgan fingerprint density at radius 2 is 1.91 bits per heavy atom. The second kappa shape index (κ2) is 6.36. The molecule has 0 saturated carbocycles. The number of anilines is 1. The highest BCUT2D eigenvalue weighted by atomic mass is 19.2.